The maximum absolute atomic E-state index is 5.46. The zero-order valence-corrected chi connectivity index (χ0v) is 10.1. The van der Waals surface area contributed by atoms with Crippen molar-refractivity contribution in [1.29, 1.82) is 0 Å². The van der Waals surface area contributed by atoms with E-state index < -0.39 is 0 Å². The monoisotopic (exact) mass is 203 g/mol. The van der Waals surface area contributed by atoms with E-state index >= 15 is 0 Å². The molecule has 0 N–H and O–H groups in total. The molecule has 0 aromatic rings. The van der Waals surface area contributed by atoms with Crippen molar-refractivity contribution < 1.29 is 9.47 Å². The molecule has 0 aliphatic heterocycles. The summed E-state index contributed by atoms with van der Waals surface area (Å²) in [6, 6.07) is 0. The molecular weight excluding hydrogens is 178 g/mol. The second kappa shape index (κ2) is 9.44. The van der Waals surface area contributed by atoms with Crippen molar-refractivity contribution in [2.45, 2.75) is 39.9 Å². The Bertz CT molecular complexity index is 114. The van der Waals surface area contributed by atoms with Gasteiger partial charge in [-0.1, -0.05) is 6.92 Å². The molecule has 0 saturated carbocycles. The zero-order valence-electron chi connectivity index (χ0n) is 10.1. The topological polar surface area (TPSA) is 21.7 Å². The van der Waals surface area contributed by atoms with E-state index in [1.165, 1.54) is 0 Å². The number of nitrogens with zero attached hydrogens (tertiary/aromatic N) is 1. The van der Waals surface area contributed by atoms with Gasteiger partial charge in [-0.05, 0) is 46.8 Å². The van der Waals surface area contributed by atoms with E-state index in [9.17, 15) is 0 Å². The molecule has 0 atom stereocenters. The first-order chi connectivity index (χ1) is 6.74. The molecule has 0 heterocycles. The lowest BCUT2D eigenvalue weighted by Crippen LogP contribution is -2.22. The third kappa shape index (κ3) is 7.30. The fourth-order valence-corrected chi connectivity index (χ4v) is 1.27. The summed E-state index contributed by atoms with van der Waals surface area (Å²) >= 11 is 0. The lowest BCUT2D eigenvalue weighted by Gasteiger charge is -2.19. The Morgan fingerprint density at radius 3 is 2.07 bits per heavy atom. The van der Waals surface area contributed by atoms with Gasteiger partial charge in [0.15, 0.2) is 6.29 Å². The first-order valence-electron chi connectivity index (χ1n) is 5.66. The lowest BCUT2D eigenvalue weighted by molar-refractivity contribution is -0.140. The summed E-state index contributed by atoms with van der Waals surface area (Å²) < 4.78 is 10.9. The average molecular weight is 203 g/mol. The molecule has 0 saturated heterocycles. The van der Waals surface area contributed by atoms with Crippen molar-refractivity contribution in [1.82, 2.24) is 4.90 Å². The largest absolute Gasteiger partial charge is 0.353 e. The van der Waals surface area contributed by atoms with E-state index in [1.807, 2.05) is 13.8 Å². The van der Waals surface area contributed by atoms with Crippen LogP contribution >= 0.6 is 0 Å². The molecule has 0 aliphatic carbocycles. The van der Waals surface area contributed by atoms with Gasteiger partial charge in [-0.3, -0.25) is 0 Å². The lowest BCUT2D eigenvalue weighted by atomic mass is 10.3. The summed E-state index contributed by atoms with van der Waals surface area (Å²) in [5.74, 6) is 0. The summed E-state index contributed by atoms with van der Waals surface area (Å²) in [6.45, 7) is 9.86. The predicted molar refractivity (Wildman–Crippen MR) is 59.4 cm³/mol. The van der Waals surface area contributed by atoms with Crippen LogP contribution in [0.2, 0.25) is 0 Å². The fraction of sp³-hybridized carbons (Fsp3) is 1.00. The highest BCUT2D eigenvalue weighted by Crippen LogP contribution is 2.05. The van der Waals surface area contributed by atoms with Crippen LogP contribution in [-0.2, 0) is 9.47 Å². The van der Waals surface area contributed by atoms with Crippen molar-refractivity contribution in [2.24, 2.45) is 0 Å². The summed E-state index contributed by atoms with van der Waals surface area (Å²) in [7, 11) is 2.14. The van der Waals surface area contributed by atoms with Gasteiger partial charge in [-0.2, -0.15) is 0 Å². The van der Waals surface area contributed by atoms with Crippen LogP contribution in [0.25, 0.3) is 0 Å². The van der Waals surface area contributed by atoms with Gasteiger partial charge in [0.2, 0.25) is 0 Å². The molecule has 0 radical (unpaired) electrons. The summed E-state index contributed by atoms with van der Waals surface area (Å²) in [4.78, 5) is 2.30. The van der Waals surface area contributed by atoms with Crippen LogP contribution < -0.4 is 0 Å². The van der Waals surface area contributed by atoms with Gasteiger partial charge in [-0.25, -0.2) is 0 Å². The van der Waals surface area contributed by atoms with Gasteiger partial charge < -0.3 is 14.4 Å². The standard InChI is InChI=1S/C11H25NO2/c1-5-12(4)10-8-9-11(13-6-2)14-7-3/h11H,5-10H2,1-4H3. The van der Waals surface area contributed by atoms with Crippen molar-refractivity contribution in [3.05, 3.63) is 0 Å². The summed E-state index contributed by atoms with van der Waals surface area (Å²) in [5.41, 5.74) is 0. The third-order valence-corrected chi connectivity index (χ3v) is 2.22. The van der Waals surface area contributed by atoms with Gasteiger partial charge in [0.1, 0.15) is 0 Å². The molecule has 86 valence electrons. The average Bonchev–Trinajstić information content (AvgIpc) is 2.18. The third-order valence-electron chi connectivity index (χ3n) is 2.22. The highest BCUT2D eigenvalue weighted by atomic mass is 16.7. The number of rotatable bonds is 9. The quantitative estimate of drug-likeness (QED) is 0.536. The van der Waals surface area contributed by atoms with Crippen LogP contribution in [0.3, 0.4) is 0 Å². The van der Waals surface area contributed by atoms with Crippen LogP contribution in [0.1, 0.15) is 33.6 Å². The Morgan fingerprint density at radius 1 is 1.07 bits per heavy atom. The van der Waals surface area contributed by atoms with Gasteiger partial charge in [0.05, 0.1) is 0 Å². The van der Waals surface area contributed by atoms with Crippen molar-refractivity contribution in [2.75, 3.05) is 33.4 Å². The Labute approximate surface area is 88.4 Å². The van der Waals surface area contributed by atoms with Crippen LogP contribution in [0.15, 0.2) is 0 Å². The van der Waals surface area contributed by atoms with Crippen LogP contribution in [-0.4, -0.2) is 44.5 Å². The SMILES string of the molecule is CCOC(CCCN(C)CC)OCC. The first-order valence-corrected chi connectivity index (χ1v) is 5.66. The van der Waals surface area contributed by atoms with Crippen molar-refractivity contribution in [3.63, 3.8) is 0 Å². The molecule has 0 aromatic heterocycles. The molecule has 0 amide bonds. The summed E-state index contributed by atoms with van der Waals surface area (Å²) in [5, 5.41) is 0. The summed E-state index contributed by atoms with van der Waals surface area (Å²) in [6.07, 6.45) is 2.12. The maximum Gasteiger partial charge on any atom is 0.157 e. The molecule has 3 heteroatoms. The maximum atomic E-state index is 5.46. The van der Waals surface area contributed by atoms with E-state index in [0.717, 1.165) is 39.1 Å². The van der Waals surface area contributed by atoms with E-state index in [-0.39, 0.29) is 6.29 Å². The number of hydrogen-bond acceptors (Lipinski definition) is 3. The second-order valence-corrected chi connectivity index (χ2v) is 3.38. The Balaban J connectivity index is 3.49. The highest BCUT2D eigenvalue weighted by Gasteiger charge is 2.07. The molecule has 0 aliphatic rings. The highest BCUT2D eigenvalue weighted by molar-refractivity contribution is 4.51. The molecule has 3 nitrogen and oxygen atoms in total. The molecule has 0 aromatic carbocycles. The predicted octanol–water partition coefficient (Wildman–Crippen LogP) is 2.12. The molecule has 0 fully saturated rings. The Morgan fingerprint density at radius 2 is 1.64 bits per heavy atom. The molecule has 14 heavy (non-hydrogen) atoms. The Hall–Kier alpha value is -0.120. The molecular formula is C11H25NO2. The normalized spacial score (nSPS) is 11.6. The van der Waals surface area contributed by atoms with E-state index in [0.29, 0.717) is 0 Å². The smallest absolute Gasteiger partial charge is 0.157 e. The molecule has 0 unspecified atom stereocenters. The van der Waals surface area contributed by atoms with E-state index in [2.05, 4.69) is 18.9 Å². The second-order valence-electron chi connectivity index (χ2n) is 3.38. The number of hydrogen-bond donors (Lipinski definition) is 0. The molecule has 0 spiro atoms. The number of ether oxygens (including phenoxy) is 2. The van der Waals surface area contributed by atoms with Crippen LogP contribution in [0.4, 0.5) is 0 Å². The fourth-order valence-electron chi connectivity index (χ4n) is 1.27. The van der Waals surface area contributed by atoms with Crippen LogP contribution in [0, 0.1) is 0 Å². The van der Waals surface area contributed by atoms with E-state index in [1.54, 1.807) is 0 Å². The van der Waals surface area contributed by atoms with Crippen molar-refractivity contribution >= 4 is 0 Å². The van der Waals surface area contributed by atoms with Gasteiger partial charge >= 0.3 is 0 Å². The minimum absolute atomic E-state index is 0.00439. The Kier molecular flexibility index (Phi) is 9.35. The van der Waals surface area contributed by atoms with Crippen molar-refractivity contribution in [3.8, 4) is 0 Å². The first kappa shape index (κ1) is 13.9. The van der Waals surface area contributed by atoms with Gasteiger partial charge in [0, 0.05) is 13.2 Å². The van der Waals surface area contributed by atoms with E-state index in [4.69, 9.17) is 9.47 Å². The van der Waals surface area contributed by atoms with Gasteiger partial charge in [-0.15, -0.1) is 0 Å². The molecule has 0 bridgehead atoms. The minimum atomic E-state index is -0.00439. The zero-order chi connectivity index (χ0) is 10.8. The van der Waals surface area contributed by atoms with Crippen LogP contribution in [0.5, 0.6) is 0 Å². The minimum Gasteiger partial charge on any atom is -0.353 e. The van der Waals surface area contributed by atoms with Gasteiger partial charge in [0.25, 0.3) is 0 Å². The molecule has 0 rings (SSSR count).